The van der Waals surface area contributed by atoms with E-state index in [1.165, 1.54) is 7.05 Å². The maximum Gasteiger partial charge on any atom is 0.244 e. The Morgan fingerprint density at radius 2 is 2.27 bits per heavy atom. The molecule has 122 valence electrons. The molecule has 1 fully saturated rings. The number of hydrogen-bond donors (Lipinski definition) is 2. The lowest BCUT2D eigenvalue weighted by molar-refractivity contribution is -0.127. The normalized spacial score (nSPS) is 23.2. The fourth-order valence-corrected chi connectivity index (χ4v) is 4.02. The fraction of sp³-hybridized carbons (Fsp3) is 0.538. The van der Waals surface area contributed by atoms with Gasteiger partial charge in [0.15, 0.2) is 0 Å². The third-order valence-electron chi connectivity index (χ3n) is 3.61. The number of carbonyl (C=O) groups is 1. The summed E-state index contributed by atoms with van der Waals surface area (Å²) in [6.45, 7) is -0.00579. The number of rotatable bonds is 4. The van der Waals surface area contributed by atoms with Crippen molar-refractivity contribution in [1.29, 1.82) is 0 Å². The summed E-state index contributed by atoms with van der Waals surface area (Å²) in [4.78, 5) is 14.7. The van der Waals surface area contributed by atoms with Gasteiger partial charge < -0.3 is 10.4 Å². The van der Waals surface area contributed by atoms with Gasteiger partial charge >= 0.3 is 0 Å². The number of pyridine rings is 1. The van der Waals surface area contributed by atoms with Crippen molar-refractivity contribution in [1.82, 2.24) is 14.6 Å². The Balaban J connectivity index is 2.23. The quantitative estimate of drug-likeness (QED) is 0.801. The van der Waals surface area contributed by atoms with Crippen molar-refractivity contribution in [3.63, 3.8) is 0 Å². The first-order valence-corrected chi connectivity index (χ1v) is 8.24. The molecule has 0 spiro atoms. The molecule has 1 aromatic heterocycles. The van der Waals surface area contributed by atoms with Crippen LogP contribution in [0.25, 0.3) is 0 Å². The molecular weight excluding hydrogens is 313 g/mol. The molecule has 1 aliphatic rings. The van der Waals surface area contributed by atoms with Gasteiger partial charge in [0.1, 0.15) is 10.7 Å². The number of nitrogens with zero attached hydrogens (tertiary/aromatic N) is 2. The van der Waals surface area contributed by atoms with E-state index < -0.39 is 21.4 Å². The number of aromatic nitrogens is 1. The summed E-state index contributed by atoms with van der Waals surface area (Å²) in [7, 11) is -2.51. The maximum absolute atomic E-state index is 13.2. The first-order chi connectivity index (χ1) is 10.3. The van der Waals surface area contributed by atoms with E-state index in [0.717, 1.165) is 22.8 Å². The lowest BCUT2D eigenvalue weighted by Crippen LogP contribution is -2.52. The molecule has 1 unspecified atom stereocenters. The van der Waals surface area contributed by atoms with Crippen LogP contribution in [0.2, 0.25) is 0 Å². The van der Waals surface area contributed by atoms with Crippen molar-refractivity contribution >= 4 is 15.9 Å². The van der Waals surface area contributed by atoms with Gasteiger partial charge in [-0.1, -0.05) is 0 Å². The van der Waals surface area contributed by atoms with Crippen LogP contribution in [0.4, 0.5) is 4.39 Å². The van der Waals surface area contributed by atoms with E-state index in [4.69, 9.17) is 0 Å². The number of β-amino-alcohol motifs (C(OH)–C–C–N with tert-alkyl or cyclic N) is 1. The Labute approximate surface area is 128 Å². The number of amides is 1. The summed E-state index contributed by atoms with van der Waals surface area (Å²) < 4.78 is 39.2. The summed E-state index contributed by atoms with van der Waals surface area (Å²) in [6, 6.07) is 0.884. The molecule has 1 atom stereocenters. The van der Waals surface area contributed by atoms with Gasteiger partial charge in [0, 0.05) is 26.3 Å². The van der Waals surface area contributed by atoms with E-state index in [1.807, 2.05) is 0 Å². The van der Waals surface area contributed by atoms with Crippen LogP contribution < -0.4 is 5.32 Å². The first-order valence-electron chi connectivity index (χ1n) is 6.80. The standard InChI is InChI=1S/C13H18FN3O4S/c1-15-12(18)6-13(19)3-2-4-17(9-13)22(20,21)11-5-10(14)7-16-8-11/h5,7-8,19H,2-4,6,9H2,1H3,(H,15,18). The topological polar surface area (TPSA) is 99.6 Å². The van der Waals surface area contributed by atoms with E-state index in [2.05, 4.69) is 10.3 Å². The molecule has 1 aliphatic heterocycles. The monoisotopic (exact) mass is 331 g/mol. The Kier molecular flexibility index (Phi) is 4.78. The molecule has 2 heterocycles. The second-order valence-electron chi connectivity index (χ2n) is 5.36. The van der Waals surface area contributed by atoms with Gasteiger partial charge in [0.25, 0.3) is 0 Å². The van der Waals surface area contributed by atoms with E-state index >= 15 is 0 Å². The van der Waals surface area contributed by atoms with Gasteiger partial charge in [-0.25, -0.2) is 12.8 Å². The number of halogens is 1. The molecule has 7 nitrogen and oxygen atoms in total. The van der Waals surface area contributed by atoms with Crippen LogP contribution in [0.3, 0.4) is 0 Å². The minimum atomic E-state index is -3.96. The highest BCUT2D eigenvalue weighted by Gasteiger charge is 2.40. The molecule has 1 aromatic rings. The Bertz CT molecular complexity index is 667. The Morgan fingerprint density at radius 3 is 2.91 bits per heavy atom. The van der Waals surface area contributed by atoms with Gasteiger partial charge in [-0.3, -0.25) is 9.78 Å². The predicted octanol–water partition coefficient (Wildman–Crippen LogP) is -0.128. The lowest BCUT2D eigenvalue weighted by Gasteiger charge is -2.37. The van der Waals surface area contributed by atoms with Gasteiger partial charge in [0.2, 0.25) is 15.9 Å². The first kappa shape index (κ1) is 16.8. The highest BCUT2D eigenvalue weighted by atomic mass is 32.2. The zero-order chi connectivity index (χ0) is 16.4. The zero-order valence-electron chi connectivity index (χ0n) is 12.1. The highest BCUT2D eigenvalue weighted by Crippen LogP contribution is 2.28. The van der Waals surface area contributed by atoms with E-state index in [0.29, 0.717) is 12.8 Å². The molecule has 0 aliphatic carbocycles. The van der Waals surface area contributed by atoms with Crippen LogP contribution in [0, 0.1) is 5.82 Å². The van der Waals surface area contributed by atoms with Crippen molar-refractivity contribution in [2.24, 2.45) is 0 Å². The molecule has 2 N–H and O–H groups in total. The van der Waals surface area contributed by atoms with Gasteiger partial charge in [-0.15, -0.1) is 0 Å². The van der Waals surface area contributed by atoms with Crippen LogP contribution in [0.1, 0.15) is 19.3 Å². The van der Waals surface area contributed by atoms with Crippen LogP contribution in [-0.4, -0.2) is 54.5 Å². The van der Waals surface area contributed by atoms with E-state index in [-0.39, 0.29) is 30.3 Å². The second-order valence-corrected chi connectivity index (χ2v) is 7.29. The Hall–Kier alpha value is -1.58. The predicted molar refractivity (Wildman–Crippen MR) is 75.8 cm³/mol. The Morgan fingerprint density at radius 1 is 1.55 bits per heavy atom. The fourth-order valence-electron chi connectivity index (χ4n) is 2.49. The molecule has 1 amide bonds. The number of nitrogens with one attached hydrogen (secondary N) is 1. The molecule has 0 bridgehead atoms. The van der Waals surface area contributed by atoms with Crippen molar-refractivity contribution < 1.29 is 22.7 Å². The number of carbonyl (C=O) groups excluding carboxylic acids is 1. The molecule has 2 rings (SSSR count). The van der Waals surface area contributed by atoms with Crippen molar-refractivity contribution in [2.45, 2.75) is 29.8 Å². The SMILES string of the molecule is CNC(=O)CC1(O)CCCN(S(=O)(=O)c2cncc(F)c2)C1. The second kappa shape index (κ2) is 6.27. The minimum Gasteiger partial charge on any atom is -0.388 e. The molecule has 0 radical (unpaired) electrons. The molecule has 1 saturated heterocycles. The largest absolute Gasteiger partial charge is 0.388 e. The molecule has 0 aromatic carbocycles. The van der Waals surface area contributed by atoms with Crippen molar-refractivity contribution in [3.05, 3.63) is 24.3 Å². The van der Waals surface area contributed by atoms with E-state index in [9.17, 15) is 22.7 Å². The average Bonchev–Trinajstić information content (AvgIpc) is 2.46. The number of piperidine rings is 1. The average molecular weight is 331 g/mol. The third kappa shape index (κ3) is 3.60. The van der Waals surface area contributed by atoms with Gasteiger partial charge in [-0.2, -0.15) is 4.31 Å². The molecule has 0 saturated carbocycles. The number of sulfonamides is 1. The summed E-state index contributed by atoms with van der Waals surface area (Å²) >= 11 is 0. The zero-order valence-corrected chi connectivity index (χ0v) is 12.9. The van der Waals surface area contributed by atoms with Crippen LogP contribution >= 0.6 is 0 Å². The van der Waals surface area contributed by atoms with E-state index in [1.54, 1.807) is 0 Å². The maximum atomic E-state index is 13.2. The van der Waals surface area contributed by atoms with Crippen LogP contribution in [0.15, 0.2) is 23.4 Å². The summed E-state index contributed by atoms with van der Waals surface area (Å²) in [5.41, 5.74) is -1.42. The molecule has 22 heavy (non-hydrogen) atoms. The number of hydrogen-bond acceptors (Lipinski definition) is 5. The number of aliphatic hydroxyl groups is 1. The lowest BCUT2D eigenvalue weighted by atomic mass is 9.90. The van der Waals surface area contributed by atoms with Crippen LogP contribution in [-0.2, 0) is 14.8 Å². The highest BCUT2D eigenvalue weighted by molar-refractivity contribution is 7.89. The van der Waals surface area contributed by atoms with Gasteiger partial charge in [-0.05, 0) is 18.9 Å². The third-order valence-corrected chi connectivity index (χ3v) is 5.42. The summed E-state index contributed by atoms with van der Waals surface area (Å²) in [6.07, 6.45) is 2.53. The molecular formula is C13H18FN3O4S. The smallest absolute Gasteiger partial charge is 0.244 e. The minimum absolute atomic E-state index is 0.184. The van der Waals surface area contributed by atoms with Crippen molar-refractivity contribution in [2.75, 3.05) is 20.1 Å². The summed E-state index contributed by atoms with van der Waals surface area (Å²) in [5.74, 6) is -1.12. The summed E-state index contributed by atoms with van der Waals surface area (Å²) in [5, 5.41) is 12.9. The van der Waals surface area contributed by atoms with Gasteiger partial charge in [0.05, 0.1) is 18.2 Å². The molecule has 9 heteroatoms. The van der Waals surface area contributed by atoms with Crippen molar-refractivity contribution in [3.8, 4) is 0 Å². The van der Waals surface area contributed by atoms with Crippen LogP contribution in [0.5, 0.6) is 0 Å².